The zero-order valence-corrected chi connectivity index (χ0v) is 15.1. The summed E-state index contributed by atoms with van der Waals surface area (Å²) in [5.41, 5.74) is 3.14. The highest BCUT2D eigenvalue weighted by Crippen LogP contribution is 2.36. The van der Waals surface area contributed by atoms with Gasteiger partial charge in [0.05, 0.1) is 6.42 Å². The van der Waals surface area contributed by atoms with Gasteiger partial charge in [0.25, 0.3) is 0 Å². The van der Waals surface area contributed by atoms with Crippen LogP contribution in [0.2, 0.25) is 0 Å². The first-order valence-corrected chi connectivity index (χ1v) is 9.23. The zero-order chi connectivity index (χ0) is 18.0. The van der Waals surface area contributed by atoms with Crippen LogP contribution in [0.5, 0.6) is 0 Å². The minimum Gasteiger partial charge on any atom is -0.478 e. The van der Waals surface area contributed by atoms with E-state index >= 15 is 0 Å². The second-order valence-electron chi connectivity index (χ2n) is 7.56. The first kappa shape index (κ1) is 17.7. The summed E-state index contributed by atoms with van der Waals surface area (Å²) in [6.45, 7) is 5.54. The van der Waals surface area contributed by atoms with E-state index in [2.05, 4.69) is 0 Å². The van der Waals surface area contributed by atoms with E-state index in [1.165, 1.54) is 25.7 Å². The van der Waals surface area contributed by atoms with Gasteiger partial charge in [-0.15, -0.1) is 0 Å². The Morgan fingerprint density at radius 3 is 2.20 bits per heavy atom. The van der Waals surface area contributed by atoms with Gasteiger partial charge in [0.1, 0.15) is 0 Å². The minimum atomic E-state index is -1.01. The number of hydrogen-bond acceptors (Lipinski definition) is 2. The largest absolute Gasteiger partial charge is 0.478 e. The first-order chi connectivity index (χ1) is 12.0. The van der Waals surface area contributed by atoms with Crippen LogP contribution in [-0.4, -0.2) is 35.0 Å². The second-order valence-corrected chi connectivity index (χ2v) is 7.56. The smallest absolute Gasteiger partial charge is 0.332 e. The number of nitrogens with zero attached hydrogens (tertiary/aromatic N) is 1. The maximum Gasteiger partial charge on any atom is 0.332 e. The molecular formula is C21H27NO3. The van der Waals surface area contributed by atoms with Crippen LogP contribution in [-0.2, 0) is 9.59 Å². The quantitative estimate of drug-likeness (QED) is 0.847. The summed E-state index contributed by atoms with van der Waals surface area (Å²) in [6.07, 6.45) is 6.58. The van der Waals surface area contributed by atoms with Crippen molar-refractivity contribution < 1.29 is 14.7 Å². The Balaban J connectivity index is 1.75. The topological polar surface area (TPSA) is 57.6 Å². The van der Waals surface area contributed by atoms with Crippen LogP contribution >= 0.6 is 0 Å². The van der Waals surface area contributed by atoms with Crippen molar-refractivity contribution in [1.29, 1.82) is 0 Å². The van der Waals surface area contributed by atoms with Crippen LogP contribution in [0.25, 0.3) is 6.08 Å². The molecule has 0 aromatic heterocycles. The number of carbonyl (C=O) groups is 2. The average molecular weight is 341 g/mol. The monoisotopic (exact) mass is 341 g/mol. The molecule has 2 unspecified atom stereocenters. The molecule has 0 bridgehead atoms. The van der Waals surface area contributed by atoms with Crippen LogP contribution in [0.1, 0.15) is 48.8 Å². The van der Waals surface area contributed by atoms with Gasteiger partial charge in [0.2, 0.25) is 5.91 Å². The average Bonchev–Trinajstić information content (AvgIpc) is 3.01. The third-order valence-corrected chi connectivity index (χ3v) is 5.81. The molecule has 1 aromatic carbocycles. The second kappa shape index (κ2) is 7.42. The van der Waals surface area contributed by atoms with Crippen molar-refractivity contribution in [3.05, 3.63) is 40.5 Å². The predicted molar refractivity (Wildman–Crippen MR) is 98.2 cm³/mol. The Morgan fingerprint density at radius 2 is 1.68 bits per heavy atom. The number of benzene rings is 1. The zero-order valence-electron chi connectivity index (χ0n) is 15.1. The van der Waals surface area contributed by atoms with Gasteiger partial charge in [-0.25, -0.2) is 4.79 Å². The summed E-state index contributed by atoms with van der Waals surface area (Å²) >= 11 is 0. The lowest BCUT2D eigenvalue weighted by Gasteiger charge is -2.22. The molecule has 1 aromatic rings. The highest BCUT2D eigenvalue weighted by atomic mass is 16.4. The normalized spacial score (nSPS) is 23.4. The number of carboxylic acids is 1. The van der Waals surface area contributed by atoms with E-state index in [9.17, 15) is 14.7 Å². The van der Waals surface area contributed by atoms with Crippen molar-refractivity contribution in [3.8, 4) is 0 Å². The van der Waals surface area contributed by atoms with E-state index in [1.54, 1.807) is 6.08 Å². The third-order valence-electron chi connectivity index (χ3n) is 5.81. The van der Waals surface area contributed by atoms with Crippen molar-refractivity contribution >= 4 is 18.0 Å². The number of amides is 1. The Labute approximate surface area is 149 Å². The molecule has 1 heterocycles. The van der Waals surface area contributed by atoms with E-state index in [0.717, 1.165) is 29.8 Å². The van der Waals surface area contributed by atoms with Crippen molar-refractivity contribution in [3.63, 3.8) is 0 Å². The van der Waals surface area contributed by atoms with Crippen molar-refractivity contribution in [1.82, 2.24) is 4.90 Å². The molecule has 4 nitrogen and oxygen atoms in total. The number of likely N-dealkylation sites (tertiary alicyclic amines) is 1. The molecule has 25 heavy (non-hydrogen) atoms. The molecule has 1 aliphatic carbocycles. The Bertz CT molecular complexity index is 673. The molecule has 2 aliphatic rings. The van der Waals surface area contributed by atoms with Gasteiger partial charge < -0.3 is 10.0 Å². The van der Waals surface area contributed by atoms with Crippen molar-refractivity contribution in [2.45, 2.75) is 46.0 Å². The van der Waals surface area contributed by atoms with Gasteiger partial charge in [0.15, 0.2) is 0 Å². The highest BCUT2D eigenvalue weighted by Gasteiger charge is 2.36. The van der Waals surface area contributed by atoms with Crippen LogP contribution in [0, 0.1) is 25.7 Å². The molecular weight excluding hydrogens is 314 g/mol. The standard InChI is InChI=1S/C21H27NO3/c1-14-6-5-7-15(2)19(14)10-18(21(24)25)11-20(23)22-12-16-8-3-4-9-17(16)13-22/h5-7,10,16-17H,3-4,8-9,11-13H2,1-2H3,(H,24,25). The summed E-state index contributed by atoms with van der Waals surface area (Å²) in [5.74, 6) is 0.184. The fraction of sp³-hybridized carbons (Fsp3) is 0.524. The van der Waals surface area contributed by atoms with E-state index in [-0.39, 0.29) is 17.9 Å². The van der Waals surface area contributed by atoms with E-state index < -0.39 is 5.97 Å². The molecule has 0 radical (unpaired) electrons. The number of aryl methyl sites for hydroxylation is 2. The molecule has 3 rings (SSSR count). The van der Waals surface area contributed by atoms with E-state index in [4.69, 9.17) is 0 Å². The Hall–Kier alpha value is -2.10. The van der Waals surface area contributed by atoms with Crippen LogP contribution in [0.3, 0.4) is 0 Å². The third kappa shape index (κ3) is 3.94. The molecule has 4 heteroatoms. The summed E-state index contributed by atoms with van der Waals surface area (Å²) in [6, 6.07) is 5.89. The maximum atomic E-state index is 12.7. The Kier molecular flexibility index (Phi) is 5.26. The number of aliphatic carboxylic acids is 1. The van der Waals surface area contributed by atoms with Gasteiger partial charge in [-0.05, 0) is 61.3 Å². The van der Waals surface area contributed by atoms with E-state index in [0.29, 0.717) is 11.8 Å². The van der Waals surface area contributed by atoms with Gasteiger partial charge in [-0.2, -0.15) is 0 Å². The van der Waals surface area contributed by atoms with Crippen LogP contribution in [0.4, 0.5) is 0 Å². The lowest BCUT2D eigenvalue weighted by molar-refractivity contribution is -0.136. The highest BCUT2D eigenvalue weighted by molar-refractivity contribution is 5.98. The number of carboxylic acid groups (broad SMARTS) is 1. The van der Waals surface area contributed by atoms with Gasteiger partial charge in [-0.1, -0.05) is 31.0 Å². The molecule has 1 N–H and O–H groups in total. The summed E-state index contributed by atoms with van der Waals surface area (Å²) in [4.78, 5) is 26.3. The minimum absolute atomic E-state index is 0.0253. The number of fused-ring (bicyclic) bond motifs is 1. The summed E-state index contributed by atoms with van der Waals surface area (Å²) in [5, 5.41) is 9.58. The fourth-order valence-electron chi connectivity index (χ4n) is 4.30. The number of rotatable bonds is 4. The molecule has 1 saturated carbocycles. The first-order valence-electron chi connectivity index (χ1n) is 9.23. The SMILES string of the molecule is Cc1cccc(C)c1C=C(CC(=O)N1CC2CCCCC2C1)C(=O)O. The molecule has 2 fully saturated rings. The van der Waals surface area contributed by atoms with Gasteiger partial charge in [0, 0.05) is 18.7 Å². The van der Waals surface area contributed by atoms with Crippen molar-refractivity contribution in [2.24, 2.45) is 11.8 Å². The van der Waals surface area contributed by atoms with Gasteiger partial charge >= 0.3 is 5.97 Å². The summed E-state index contributed by atoms with van der Waals surface area (Å²) in [7, 11) is 0. The lowest BCUT2D eigenvalue weighted by atomic mass is 9.82. The predicted octanol–water partition coefficient (Wildman–Crippen LogP) is 3.81. The number of carbonyl (C=O) groups excluding carboxylic acids is 1. The van der Waals surface area contributed by atoms with Crippen molar-refractivity contribution in [2.75, 3.05) is 13.1 Å². The molecule has 1 saturated heterocycles. The number of hydrogen-bond donors (Lipinski definition) is 1. The van der Waals surface area contributed by atoms with Crippen LogP contribution < -0.4 is 0 Å². The fourth-order valence-corrected chi connectivity index (χ4v) is 4.30. The van der Waals surface area contributed by atoms with Gasteiger partial charge in [-0.3, -0.25) is 4.79 Å². The molecule has 1 amide bonds. The Morgan fingerprint density at radius 1 is 1.12 bits per heavy atom. The van der Waals surface area contributed by atoms with E-state index in [1.807, 2.05) is 36.9 Å². The summed E-state index contributed by atoms with van der Waals surface area (Å²) < 4.78 is 0. The molecule has 1 aliphatic heterocycles. The molecule has 134 valence electrons. The molecule has 0 spiro atoms. The molecule has 2 atom stereocenters. The lowest BCUT2D eigenvalue weighted by Crippen LogP contribution is -2.30. The van der Waals surface area contributed by atoms with Crippen LogP contribution in [0.15, 0.2) is 23.8 Å². The maximum absolute atomic E-state index is 12.7.